The first-order valence-electron chi connectivity index (χ1n) is 9.00. The average Bonchev–Trinajstić information content (AvgIpc) is 2.89. The summed E-state index contributed by atoms with van der Waals surface area (Å²) in [5.74, 6) is -1.11. The molecule has 0 bridgehead atoms. The molecule has 1 unspecified atom stereocenters. The number of nitrogens with one attached hydrogen (secondary N) is 1. The van der Waals surface area contributed by atoms with Crippen molar-refractivity contribution in [2.75, 3.05) is 23.7 Å². The fraction of sp³-hybridized carbons (Fsp3) is 0.300. The number of hydrogen-bond acceptors (Lipinski definition) is 5. The SMILES string of the molecule is COc1ccc(CCNC(=O)c2ccc(Cl)c(N3C(=O)C(C)CS3(=O)=O)c2)cc1. The van der Waals surface area contributed by atoms with E-state index in [2.05, 4.69) is 5.32 Å². The lowest BCUT2D eigenvalue weighted by molar-refractivity contribution is -0.119. The predicted octanol–water partition coefficient (Wildman–Crippen LogP) is 2.63. The smallest absolute Gasteiger partial charge is 0.251 e. The minimum atomic E-state index is -3.80. The van der Waals surface area contributed by atoms with E-state index in [0.717, 1.165) is 11.3 Å². The van der Waals surface area contributed by atoms with Gasteiger partial charge >= 0.3 is 0 Å². The molecule has 29 heavy (non-hydrogen) atoms. The minimum Gasteiger partial charge on any atom is -0.497 e. The Hall–Kier alpha value is -2.58. The monoisotopic (exact) mass is 436 g/mol. The molecule has 1 saturated heterocycles. The van der Waals surface area contributed by atoms with Gasteiger partial charge in [0.05, 0.1) is 29.5 Å². The van der Waals surface area contributed by atoms with Gasteiger partial charge in [0, 0.05) is 12.1 Å². The second kappa shape index (κ2) is 8.42. The molecular weight excluding hydrogens is 416 g/mol. The van der Waals surface area contributed by atoms with Crippen LogP contribution in [-0.4, -0.2) is 39.6 Å². The van der Waals surface area contributed by atoms with Gasteiger partial charge in [-0.05, 0) is 42.3 Å². The molecule has 0 aromatic heterocycles. The van der Waals surface area contributed by atoms with Gasteiger partial charge in [0.25, 0.3) is 5.91 Å². The number of anilines is 1. The van der Waals surface area contributed by atoms with Gasteiger partial charge in [-0.1, -0.05) is 30.7 Å². The molecular formula is C20H21ClN2O5S. The Labute approximate surface area is 174 Å². The molecule has 1 aliphatic rings. The van der Waals surface area contributed by atoms with E-state index in [1.54, 1.807) is 14.0 Å². The molecule has 9 heteroatoms. The first-order valence-corrected chi connectivity index (χ1v) is 11.0. The minimum absolute atomic E-state index is 0.00354. The Kier molecular flexibility index (Phi) is 6.14. The topological polar surface area (TPSA) is 92.8 Å². The van der Waals surface area contributed by atoms with Crippen molar-refractivity contribution in [3.63, 3.8) is 0 Å². The van der Waals surface area contributed by atoms with Gasteiger partial charge in [0.2, 0.25) is 15.9 Å². The molecule has 7 nitrogen and oxygen atoms in total. The Morgan fingerprint density at radius 2 is 1.93 bits per heavy atom. The van der Waals surface area contributed by atoms with E-state index in [9.17, 15) is 18.0 Å². The van der Waals surface area contributed by atoms with Crippen LogP contribution in [-0.2, 0) is 21.2 Å². The third kappa shape index (κ3) is 4.54. The van der Waals surface area contributed by atoms with Crippen LogP contribution in [0.3, 0.4) is 0 Å². The lowest BCUT2D eigenvalue weighted by Crippen LogP contribution is -2.31. The molecule has 1 aliphatic heterocycles. The molecule has 1 heterocycles. The van der Waals surface area contributed by atoms with Crippen LogP contribution in [0.25, 0.3) is 0 Å². The third-order valence-corrected chi connectivity index (χ3v) is 6.82. The first-order chi connectivity index (χ1) is 13.7. The maximum Gasteiger partial charge on any atom is 0.251 e. The van der Waals surface area contributed by atoms with Crippen molar-refractivity contribution >= 4 is 39.1 Å². The van der Waals surface area contributed by atoms with Crippen LogP contribution in [0.15, 0.2) is 42.5 Å². The number of rotatable bonds is 6. The standard InChI is InChI=1S/C20H21ClN2O5S/c1-13-12-29(26,27)23(20(13)25)18-11-15(5-8-17(18)21)19(24)22-10-9-14-3-6-16(28-2)7-4-14/h3-8,11,13H,9-10,12H2,1-2H3,(H,22,24). The average molecular weight is 437 g/mol. The van der Waals surface area contributed by atoms with Crippen LogP contribution in [0.1, 0.15) is 22.8 Å². The summed E-state index contributed by atoms with van der Waals surface area (Å²) in [5, 5.41) is 2.88. The molecule has 1 fully saturated rings. The summed E-state index contributed by atoms with van der Waals surface area (Å²) in [4.78, 5) is 24.8. The molecule has 0 aliphatic carbocycles. The Bertz CT molecular complexity index is 1040. The first kappa shape index (κ1) is 21.1. The van der Waals surface area contributed by atoms with Gasteiger partial charge in [-0.25, -0.2) is 12.7 Å². The van der Waals surface area contributed by atoms with Gasteiger partial charge in [-0.2, -0.15) is 0 Å². The van der Waals surface area contributed by atoms with Crippen LogP contribution < -0.4 is 14.4 Å². The van der Waals surface area contributed by atoms with Crippen molar-refractivity contribution in [3.8, 4) is 5.75 Å². The Morgan fingerprint density at radius 1 is 1.24 bits per heavy atom. The number of amides is 2. The van der Waals surface area contributed by atoms with E-state index in [4.69, 9.17) is 16.3 Å². The van der Waals surface area contributed by atoms with E-state index < -0.39 is 21.8 Å². The van der Waals surface area contributed by atoms with E-state index in [-0.39, 0.29) is 27.9 Å². The van der Waals surface area contributed by atoms with Gasteiger partial charge < -0.3 is 10.1 Å². The van der Waals surface area contributed by atoms with Crippen molar-refractivity contribution in [2.24, 2.45) is 5.92 Å². The molecule has 154 valence electrons. The third-order valence-electron chi connectivity index (χ3n) is 4.65. The number of halogens is 1. The normalized spacial score (nSPS) is 18.0. The largest absolute Gasteiger partial charge is 0.497 e. The van der Waals surface area contributed by atoms with E-state index in [0.29, 0.717) is 17.3 Å². The number of carbonyl (C=O) groups is 2. The van der Waals surface area contributed by atoms with Crippen molar-refractivity contribution < 1.29 is 22.7 Å². The molecule has 2 aromatic carbocycles. The van der Waals surface area contributed by atoms with E-state index in [1.165, 1.54) is 18.2 Å². The zero-order valence-corrected chi connectivity index (χ0v) is 17.6. The summed E-state index contributed by atoms with van der Waals surface area (Å²) in [6.07, 6.45) is 0.618. The number of sulfonamides is 1. The lowest BCUT2D eigenvalue weighted by atomic mass is 10.1. The van der Waals surface area contributed by atoms with Crippen LogP contribution in [0.2, 0.25) is 5.02 Å². The molecule has 1 N–H and O–H groups in total. The highest BCUT2D eigenvalue weighted by Crippen LogP contribution is 2.34. The van der Waals surface area contributed by atoms with Gasteiger partial charge in [0.15, 0.2) is 0 Å². The van der Waals surface area contributed by atoms with Crippen molar-refractivity contribution in [3.05, 3.63) is 58.6 Å². The van der Waals surface area contributed by atoms with Gasteiger partial charge in [-0.15, -0.1) is 0 Å². The second-order valence-corrected chi connectivity index (χ2v) is 9.07. The maximum atomic E-state index is 12.5. The molecule has 0 spiro atoms. The Balaban J connectivity index is 1.71. The number of ether oxygens (including phenoxy) is 1. The molecule has 1 atom stereocenters. The van der Waals surface area contributed by atoms with Crippen LogP contribution in [0, 0.1) is 5.92 Å². The van der Waals surface area contributed by atoms with Gasteiger partial charge in [0.1, 0.15) is 5.75 Å². The summed E-state index contributed by atoms with van der Waals surface area (Å²) in [5.41, 5.74) is 1.26. The molecule has 0 saturated carbocycles. The van der Waals surface area contributed by atoms with E-state index >= 15 is 0 Å². The van der Waals surface area contributed by atoms with Crippen LogP contribution in [0.4, 0.5) is 5.69 Å². The quantitative estimate of drug-likeness (QED) is 0.751. The number of methoxy groups -OCH3 is 1. The molecule has 2 amide bonds. The number of nitrogens with zero attached hydrogens (tertiary/aromatic N) is 1. The second-order valence-electron chi connectivity index (χ2n) is 6.80. The lowest BCUT2D eigenvalue weighted by Gasteiger charge is -2.17. The zero-order chi connectivity index (χ0) is 21.2. The summed E-state index contributed by atoms with van der Waals surface area (Å²) in [6.45, 7) is 1.94. The Morgan fingerprint density at radius 3 is 2.52 bits per heavy atom. The molecule has 3 rings (SSSR count). The zero-order valence-electron chi connectivity index (χ0n) is 16.0. The van der Waals surface area contributed by atoms with Crippen molar-refractivity contribution in [2.45, 2.75) is 13.3 Å². The summed E-state index contributed by atoms with van der Waals surface area (Å²) in [7, 11) is -2.21. The van der Waals surface area contributed by atoms with Gasteiger partial charge in [-0.3, -0.25) is 9.59 Å². The highest BCUT2D eigenvalue weighted by molar-refractivity contribution is 7.94. The molecule has 0 radical (unpaired) electrons. The highest BCUT2D eigenvalue weighted by atomic mass is 35.5. The number of carbonyl (C=O) groups excluding carboxylic acids is 2. The fourth-order valence-electron chi connectivity index (χ4n) is 3.09. The predicted molar refractivity (Wildman–Crippen MR) is 111 cm³/mol. The summed E-state index contributed by atoms with van der Waals surface area (Å²) in [6, 6.07) is 11.8. The van der Waals surface area contributed by atoms with Crippen LogP contribution >= 0.6 is 11.6 Å². The molecule has 2 aromatic rings. The van der Waals surface area contributed by atoms with Crippen molar-refractivity contribution in [1.82, 2.24) is 5.32 Å². The van der Waals surface area contributed by atoms with Crippen molar-refractivity contribution in [1.29, 1.82) is 0 Å². The fourth-order valence-corrected chi connectivity index (χ4v) is 5.17. The maximum absolute atomic E-state index is 12.5. The number of hydrogen-bond donors (Lipinski definition) is 1. The summed E-state index contributed by atoms with van der Waals surface area (Å²) < 4.78 is 30.5. The van der Waals surface area contributed by atoms with Crippen LogP contribution in [0.5, 0.6) is 5.75 Å². The highest BCUT2D eigenvalue weighted by Gasteiger charge is 2.42. The summed E-state index contributed by atoms with van der Waals surface area (Å²) >= 11 is 6.13. The number of benzene rings is 2. The van der Waals surface area contributed by atoms with E-state index in [1.807, 2.05) is 24.3 Å².